The Hall–Kier alpha value is -7.11. The Morgan fingerprint density at radius 2 is 1.76 bits per heavy atom. The Kier molecular flexibility index (Phi) is 10.9. The van der Waals surface area contributed by atoms with Crippen molar-refractivity contribution >= 4 is 85.1 Å². The van der Waals surface area contributed by atoms with Crippen LogP contribution in [0.5, 0.6) is 5.88 Å². The first-order chi connectivity index (χ1) is 30.3. The van der Waals surface area contributed by atoms with Crippen molar-refractivity contribution < 1.29 is 23.5 Å². The van der Waals surface area contributed by atoms with Crippen LogP contribution in [0, 0.1) is 13.8 Å². The zero-order chi connectivity index (χ0) is 44.1. The van der Waals surface area contributed by atoms with Crippen LogP contribution in [0.15, 0.2) is 47.5 Å². The Labute approximate surface area is 367 Å². The summed E-state index contributed by atoms with van der Waals surface area (Å²) >= 11 is 3.54. The van der Waals surface area contributed by atoms with Crippen LogP contribution < -0.4 is 30.5 Å². The number of piperazine rings is 1. The number of aromatic nitrogens is 12. The van der Waals surface area contributed by atoms with Crippen molar-refractivity contribution in [1.82, 2.24) is 69.1 Å². The van der Waals surface area contributed by atoms with E-state index in [1.165, 1.54) is 23.1 Å². The number of nitrogens with one attached hydrogen (secondary N) is 4. The fourth-order valence-electron chi connectivity index (χ4n) is 7.45. The van der Waals surface area contributed by atoms with Gasteiger partial charge >= 0.3 is 6.09 Å². The van der Waals surface area contributed by atoms with E-state index < -0.39 is 24.2 Å². The highest BCUT2D eigenvalue weighted by molar-refractivity contribution is 9.10. The number of aromatic amines is 1. The lowest BCUT2D eigenvalue weighted by Crippen LogP contribution is -2.49. The average Bonchev–Trinajstić information content (AvgIpc) is 4.11. The van der Waals surface area contributed by atoms with Gasteiger partial charge in [0.15, 0.2) is 22.6 Å². The van der Waals surface area contributed by atoms with Crippen LogP contribution in [0.3, 0.4) is 0 Å². The molecule has 2 fully saturated rings. The number of H-pyrrole nitrogens is 1. The van der Waals surface area contributed by atoms with Crippen LogP contribution in [0.2, 0.25) is 0 Å². The fourth-order valence-corrected chi connectivity index (χ4v) is 7.80. The number of carbonyl (C=O) groups is 2. The van der Waals surface area contributed by atoms with Gasteiger partial charge in [-0.25, -0.2) is 19.2 Å². The highest BCUT2D eigenvalue weighted by atomic mass is 79.9. The molecule has 24 heteroatoms. The summed E-state index contributed by atoms with van der Waals surface area (Å²) in [5.41, 5.74) is 6.32. The number of hydrogen-bond donors (Lipinski definition) is 4. The van der Waals surface area contributed by atoms with Crippen molar-refractivity contribution in [2.24, 2.45) is 14.1 Å². The van der Waals surface area contributed by atoms with Crippen LogP contribution in [0.4, 0.5) is 38.5 Å². The van der Waals surface area contributed by atoms with E-state index in [2.05, 4.69) is 94.6 Å². The summed E-state index contributed by atoms with van der Waals surface area (Å²) in [7, 11) is 5.07. The molecule has 2 aliphatic heterocycles. The number of carbonyl (C=O) groups excluding carboxylic acids is 2. The van der Waals surface area contributed by atoms with Crippen molar-refractivity contribution in [3.8, 4) is 5.88 Å². The van der Waals surface area contributed by atoms with Crippen LogP contribution >= 0.6 is 15.9 Å². The number of imidazole rings is 2. The van der Waals surface area contributed by atoms with E-state index in [0.29, 0.717) is 83.3 Å². The lowest BCUT2D eigenvalue weighted by atomic mass is 10.1. The van der Waals surface area contributed by atoms with Crippen molar-refractivity contribution in [2.75, 3.05) is 73.4 Å². The molecule has 328 valence electrons. The molecule has 4 N–H and O–H groups in total. The van der Waals surface area contributed by atoms with Crippen molar-refractivity contribution in [1.29, 1.82) is 0 Å². The minimum Gasteiger partial charge on any atom is -0.478 e. The topological polar surface area (TPSA) is 232 Å². The van der Waals surface area contributed by atoms with Gasteiger partial charge in [-0.1, -0.05) is 6.58 Å². The predicted octanol–water partition coefficient (Wildman–Crippen LogP) is 3.31. The van der Waals surface area contributed by atoms with E-state index in [0.717, 1.165) is 16.9 Å². The first kappa shape index (κ1) is 41.3. The molecule has 0 saturated carbocycles. The molecule has 1 aromatic carbocycles. The predicted molar refractivity (Wildman–Crippen MR) is 234 cm³/mol. The van der Waals surface area contributed by atoms with Crippen molar-refractivity contribution in [3.05, 3.63) is 64.4 Å². The van der Waals surface area contributed by atoms with Crippen LogP contribution in [0.25, 0.3) is 27.8 Å². The summed E-state index contributed by atoms with van der Waals surface area (Å²) in [6.07, 6.45) is 2.94. The normalized spacial score (nSPS) is 16.7. The number of nitrogens with zero attached hydrogens (tertiary/aromatic N) is 14. The Morgan fingerprint density at radius 3 is 2.56 bits per heavy atom. The lowest BCUT2D eigenvalue weighted by Gasteiger charge is -2.34. The number of ether oxygens (including phenoxy) is 2. The number of amides is 2. The molecule has 0 radical (unpaired) electrons. The average molecular weight is 928 g/mol. The number of fused-ring (bicyclic) bond motifs is 3. The molecule has 2 amide bonds. The monoisotopic (exact) mass is 926 g/mol. The number of aryl methyl sites for hydroxylation is 4. The molecule has 0 unspecified atom stereocenters. The number of methoxy groups -OCH3 is 1. The van der Waals surface area contributed by atoms with Gasteiger partial charge in [0.1, 0.15) is 24.3 Å². The smallest absolute Gasteiger partial charge is 0.410 e. The van der Waals surface area contributed by atoms with Gasteiger partial charge in [-0.05, 0) is 53.0 Å². The van der Waals surface area contributed by atoms with Gasteiger partial charge in [-0.15, -0.1) is 5.10 Å². The number of benzene rings is 1. The van der Waals surface area contributed by atoms with E-state index >= 15 is 4.39 Å². The van der Waals surface area contributed by atoms with Gasteiger partial charge in [0, 0.05) is 52.4 Å². The maximum atomic E-state index is 15.5. The number of hydrogen-bond acceptors (Lipinski definition) is 16. The molecule has 7 aromatic rings. The summed E-state index contributed by atoms with van der Waals surface area (Å²) in [6.45, 7) is 9.41. The quantitative estimate of drug-likeness (QED) is 0.129. The summed E-state index contributed by atoms with van der Waals surface area (Å²) in [6, 6.07) is 3.24. The molecule has 2 saturated heterocycles. The molecular formula is C39H44BrFN18O4. The standard InChI is InChI=1S/C39H44BrFN18O4/c1-20-11-25-26(12-21(20)2)46-29(45-25)14-42-36-52-38(50-32-23(40)13-44-59(32)36)56-7-9-57(10-8-56)39(61)63-18-22(3)34(60)48-27-17-58(15-24(27)41)37-49-31(30-33(51-37)54(4)19-43-30)47-28-16-55(5)53-35(28)62-6/h11-13,16,19,24,27H,3,7-10,14-15,17-18H2,1-2,4-6H3,(H,45,46)(H,48,60)(H,42,50,52)(H,47,49,51)/t24-,27-/m1/s1. The van der Waals surface area contributed by atoms with Crippen molar-refractivity contribution in [2.45, 2.75) is 32.6 Å². The van der Waals surface area contributed by atoms with Gasteiger partial charge in [-0.2, -0.15) is 29.5 Å². The van der Waals surface area contributed by atoms with Crippen LogP contribution in [-0.4, -0.2) is 141 Å². The maximum absolute atomic E-state index is 15.5. The number of anilines is 5. The largest absolute Gasteiger partial charge is 0.478 e. The van der Waals surface area contributed by atoms with Crippen molar-refractivity contribution in [3.63, 3.8) is 0 Å². The summed E-state index contributed by atoms with van der Waals surface area (Å²) in [5, 5.41) is 18.0. The second-order valence-electron chi connectivity index (χ2n) is 15.4. The van der Waals surface area contributed by atoms with E-state index in [1.54, 1.807) is 51.5 Å². The molecule has 2 aliphatic rings. The number of rotatable bonds is 12. The highest BCUT2D eigenvalue weighted by Gasteiger charge is 2.36. The molecule has 6 aromatic heterocycles. The summed E-state index contributed by atoms with van der Waals surface area (Å²) in [4.78, 5) is 62.9. The van der Waals surface area contributed by atoms with E-state index in [9.17, 15) is 9.59 Å². The molecule has 2 atom stereocenters. The third kappa shape index (κ3) is 8.19. The summed E-state index contributed by atoms with van der Waals surface area (Å²) in [5.74, 6) is 2.02. The Balaban J connectivity index is 0.779. The van der Waals surface area contributed by atoms with Gasteiger partial charge in [0.25, 0.3) is 5.88 Å². The molecule has 22 nitrogen and oxygen atoms in total. The summed E-state index contributed by atoms with van der Waals surface area (Å²) < 4.78 is 32.0. The first-order valence-corrected chi connectivity index (χ1v) is 20.8. The fraction of sp³-hybridized carbons (Fsp3) is 0.385. The van der Waals surface area contributed by atoms with Crippen LogP contribution in [-0.2, 0) is 30.2 Å². The molecular weight excluding hydrogens is 883 g/mol. The molecule has 0 aliphatic carbocycles. The molecule has 63 heavy (non-hydrogen) atoms. The van der Waals surface area contributed by atoms with E-state index in [1.807, 2.05) is 4.90 Å². The molecule has 8 heterocycles. The number of alkyl halides is 1. The van der Waals surface area contributed by atoms with Gasteiger partial charge < -0.3 is 49.7 Å². The first-order valence-electron chi connectivity index (χ1n) is 20.0. The zero-order valence-corrected chi connectivity index (χ0v) is 36.6. The highest BCUT2D eigenvalue weighted by Crippen LogP contribution is 2.31. The van der Waals surface area contributed by atoms with Crippen LogP contribution in [0.1, 0.15) is 17.0 Å². The van der Waals surface area contributed by atoms with E-state index in [-0.39, 0.29) is 31.2 Å². The molecule has 0 spiro atoms. The third-order valence-corrected chi connectivity index (χ3v) is 11.6. The minimum atomic E-state index is -1.45. The number of halogens is 2. The second kappa shape index (κ2) is 16.6. The third-order valence-electron chi connectivity index (χ3n) is 11.0. The maximum Gasteiger partial charge on any atom is 0.410 e. The SMILES string of the molecule is C=C(COC(=O)N1CCN(c2nc(NCc3nc4cc(C)c(C)cc4[nH]3)n3ncc(Br)c3n2)CC1)C(=O)N[C@@H]1CN(c2nc(Nc3cn(C)nc3OC)c3ncn(C)c3n2)C[C@H]1F. The Morgan fingerprint density at radius 1 is 1.00 bits per heavy atom. The second-order valence-corrected chi connectivity index (χ2v) is 16.3. The Bertz CT molecular complexity index is 2860. The zero-order valence-electron chi connectivity index (χ0n) is 35.1. The van der Waals surface area contributed by atoms with Gasteiger partial charge in [-0.3, -0.25) is 9.48 Å². The molecule has 0 bridgehead atoms. The van der Waals surface area contributed by atoms with Gasteiger partial charge in [0.2, 0.25) is 23.8 Å². The minimum absolute atomic E-state index is 0.0296. The van der Waals surface area contributed by atoms with E-state index in [4.69, 9.17) is 24.4 Å². The lowest BCUT2D eigenvalue weighted by molar-refractivity contribution is -0.118. The van der Waals surface area contributed by atoms with Gasteiger partial charge in [0.05, 0.1) is 60.5 Å². The molecule has 9 rings (SSSR count).